The average molecular weight is 526 g/mol. The van der Waals surface area contributed by atoms with Gasteiger partial charge in [0.2, 0.25) is 0 Å². The van der Waals surface area contributed by atoms with Gasteiger partial charge in [-0.1, -0.05) is 90.1 Å². The maximum atomic E-state index is 12.6. The number of carbonyl (C=O) groups excluding carboxylic acids is 1. The van der Waals surface area contributed by atoms with Crippen LogP contribution in [0.1, 0.15) is 38.0 Å². The topological polar surface area (TPSA) is 72.7 Å². The van der Waals surface area contributed by atoms with Crippen LogP contribution in [-0.2, 0) is 18.6 Å². The molecule has 0 saturated carbocycles. The highest BCUT2D eigenvalue weighted by molar-refractivity contribution is 7.98. The number of thiazole rings is 1. The summed E-state index contributed by atoms with van der Waals surface area (Å²) in [7, 11) is 0. The lowest BCUT2D eigenvalue weighted by atomic mass is 10.1. The number of hydrogen-bond donors (Lipinski definition) is 1. The number of nitrogens with zero attached hydrogens (tertiary/aromatic N) is 4. The molecule has 0 aliphatic rings. The lowest BCUT2D eigenvalue weighted by molar-refractivity contribution is 0.0949. The zero-order valence-electron chi connectivity index (χ0n) is 20.5. The summed E-state index contributed by atoms with van der Waals surface area (Å²) in [6.45, 7) is 2.66. The second-order valence-corrected chi connectivity index (χ2v) is 10.5. The Kier molecular flexibility index (Phi) is 8.08. The highest BCUT2D eigenvalue weighted by Crippen LogP contribution is 2.27. The number of rotatable bonds is 10. The van der Waals surface area contributed by atoms with Crippen molar-refractivity contribution < 1.29 is 4.79 Å². The maximum Gasteiger partial charge on any atom is 0.270 e. The Morgan fingerprint density at radius 1 is 0.919 bits per heavy atom. The Morgan fingerprint density at radius 3 is 2.35 bits per heavy atom. The van der Waals surface area contributed by atoms with E-state index in [9.17, 15) is 4.79 Å². The standard InChI is InChI=1S/C29H27N5OS2/c1-21-12-14-24(15-13-21)34-26(18-23-10-6-3-7-11-23)32-33-29(34)37-20-27-31-25(19-36-27)28(35)30-17-16-22-8-4-2-5-9-22/h2-15,19H,16-18,20H2,1H3,(H,30,35). The minimum atomic E-state index is -0.142. The molecule has 0 aliphatic carbocycles. The Bertz CT molecular complexity index is 1450. The first-order chi connectivity index (χ1) is 18.2. The van der Waals surface area contributed by atoms with Crippen molar-refractivity contribution in [2.45, 2.75) is 30.7 Å². The van der Waals surface area contributed by atoms with Crippen LogP contribution < -0.4 is 5.32 Å². The molecule has 0 fully saturated rings. The summed E-state index contributed by atoms with van der Waals surface area (Å²) in [6, 6.07) is 28.8. The summed E-state index contributed by atoms with van der Waals surface area (Å²) in [5.41, 5.74) is 5.07. The van der Waals surface area contributed by atoms with E-state index in [0.717, 1.165) is 28.1 Å². The number of carbonyl (C=O) groups is 1. The molecule has 0 saturated heterocycles. The Hall–Kier alpha value is -3.75. The third kappa shape index (κ3) is 6.53. The number of aryl methyl sites for hydroxylation is 1. The van der Waals surface area contributed by atoms with Crippen LogP contribution in [0.25, 0.3) is 5.69 Å². The van der Waals surface area contributed by atoms with Crippen molar-refractivity contribution >= 4 is 29.0 Å². The smallest absolute Gasteiger partial charge is 0.270 e. The number of amides is 1. The van der Waals surface area contributed by atoms with Crippen LogP contribution >= 0.6 is 23.1 Å². The fraction of sp³-hybridized carbons (Fsp3) is 0.172. The van der Waals surface area contributed by atoms with E-state index < -0.39 is 0 Å². The zero-order chi connectivity index (χ0) is 25.5. The van der Waals surface area contributed by atoms with E-state index >= 15 is 0 Å². The molecular formula is C29H27N5OS2. The number of nitrogens with one attached hydrogen (secondary N) is 1. The van der Waals surface area contributed by atoms with Crippen molar-refractivity contribution in [2.24, 2.45) is 0 Å². The van der Waals surface area contributed by atoms with Crippen LogP contribution in [0.2, 0.25) is 0 Å². The molecule has 186 valence electrons. The average Bonchev–Trinajstić information content (AvgIpc) is 3.56. The van der Waals surface area contributed by atoms with Crippen molar-refractivity contribution in [3.63, 3.8) is 0 Å². The van der Waals surface area contributed by atoms with E-state index in [1.807, 2.05) is 41.8 Å². The predicted molar refractivity (Wildman–Crippen MR) is 149 cm³/mol. The monoisotopic (exact) mass is 525 g/mol. The third-order valence-corrected chi connectivity index (χ3v) is 7.82. The molecule has 37 heavy (non-hydrogen) atoms. The molecule has 2 heterocycles. The van der Waals surface area contributed by atoms with Gasteiger partial charge in [-0.05, 0) is 36.6 Å². The molecule has 0 spiro atoms. The van der Waals surface area contributed by atoms with Crippen LogP contribution in [0.3, 0.4) is 0 Å². The largest absolute Gasteiger partial charge is 0.350 e. The highest BCUT2D eigenvalue weighted by Gasteiger charge is 2.17. The summed E-state index contributed by atoms with van der Waals surface area (Å²) in [5, 5.41) is 15.5. The van der Waals surface area contributed by atoms with Gasteiger partial charge >= 0.3 is 0 Å². The molecule has 5 rings (SSSR count). The lowest BCUT2D eigenvalue weighted by Gasteiger charge is -2.10. The summed E-state index contributed by atoms with van der Waals surface area (Å²) in [5.74, 6) is 1.35. The van der Waals surface area contributed by atoms with Crippen LogP contribution in [-0.4, -0.2) is 32.2 Å². The van der Waals surface area contributed by atoms with Crippen LogP contribution in [0.4, 0.5) is 0 Å². The Morgan fingerprint density at radius 2 is 1.62 bits per heavy atom. The van der Waals surface area contributed by atoms with Gasteiger partial charge in [-0.3, -0.25) is 9.36 Å². The number of benzene rings is 3. The van der Waals surface area contributed by atoms with E-state index in [1.165, 1.54) is 28.0 Å². The number of aromatic nitrogens is 4. The minimum Gasteiger partial charge on any atom is -0.350 e. The van der Waals surface area contributed by atoms with Gasteiger partial charge in [0.05, 0.1) is 5.75 Å². The van der Waals surface area contributed by atoms with Crippen molar-refractivity contribution in [2.75, 3.05) is 6.54 Å². The number of hydrogen-bond acceptors (Lipinski definition) is 6. The van der Waals surface area contributed by atoms with E-state index in [-0.39, 0.29) is 5.91 Å². The fourth-order valence-corrected chi connectivity index (χ4v) is 5.67. The molecule has 6 nitrogen and oxygen atoms in total. The second kappa shape index (κ2) is 12.0. The first-order valence-corrected chi connectivity index (χ1v) is 14.0. The molecule has 8 heteroatoms. The molecule has 0 aliphatic heterocycles. The van der Waals surface area contributed by atoms with Gasteiger partial charge in [-0.25, -0.2) is 4.98 Å². The first kappa shape index (κ1) is 24.9. The molecule has 0 unspecified atom stereocenters. The van der Waals surface area contributed by atoms with Gasteiger partial charge in [0, 0.05) is 24.0 Å². The van der Waals surface area contributed by atoms with E-state index in [1.54, 1.807) is 11.8 Å². The molecular weight excluding hydrogens is 498 g/mol. The summed E-state index contributed by atoms with van der Waals surface area (Å²) < 4.78 is 2.11. The van der Waals surface area contributed by atoms with Gasteiger partial charge in [-0.15, -0.1) is 21.5 Å². The molecule has 1 N–H and O–H groups in total. The minimum absolute atomic E-state index is 0.142. The Balaban J connectivity index is 1.26. The quantitative estimate of drug-likeness (QED) is 0.230. The number of thioether (sulfide) groups is 1. The molecule has 2 aromatic heterocycles. The predicted octanol–water partition coefficient (Wildman–Crippen LogP) is 5.89. The third-order valence-electron chi connectivity index (χ3n) is 5.85. The molecule has 0 bridgehead atoms. The van der Waals surface area contributed by atoms with E-state index in [0.29, 0.717) is 24.4 Å². The molecule has 3 aromatic carbocycles. The first-order valence-electron chi connectivity index (χ1n) is 12.1. The Labute approximate surface area is 224 Å². The van der Waals surface area contributed by atoms with E-state index in [2.05, 4.69) is 80.5 Å². The van der Waals surface area contributed by atoms with Crippen molar-refractivity contribution in [3.8, 4) is 5.69 Å². The normalized spacial score (nSPS) is 10.9. The molecule has 1 amide bonds. The maximum absolute atomic E-state index is 12.6. The molecule has 5 aromatic rings. The van der Waals surface area contributed by atoms with Crippen molar-refractivity contribution in [1.82, 2.24) is 25.1 Å². The van der Waals surface area contributed by atoms with E-state index in [4.69, 9.17) is 0 Å². The highest BCUT2D eigenvalue weighted by atomic mass is 32.2. The van der Waals surface area contributed by atoms with Crippen molar-refractivity contribution in [1.29, 1.82) is 0 Å². The molecule has 0 atom stereocenters. The van der Waals surface area contributed by atoms with Gasteiger partial charge < -0.3 is 5.32 Å². The molecule has 0 radical (unpaired) electrons. The van der Waals surface area contributed by atoms with Gasteiger partial charge in [0.25, 0.3) is 5.91 Å². The summed E-state index contributed by atoms with van der Waals surface area (Å²) >= 11 is 3.07. The summed E-state index contributed by atoms with van der Waals surface area (Å²) in [4.78, 5) is 17.1. The van der Waals surface area contributed by atoms with Crippen LogP contribution in [0.15, 0.2) is 95.5 Å². The van der Waals surface area contributed by atoms with Crippen molar-refractivity contribution in [3.05, 3.63) is 124 Å². The SMILES string of the molecule is Cc1ccc(-n2c(Cc3ccccc3)nnc2SCc2nc(C(=O)NCCc3ccccc3)cs2)cc1. The van der Waals surface area contributed by atoms with Gasteiger partial charge in [-0.2, -0.15) is 0 Å². The van der Waals surface area contributed by atoms with Gasteiger partial charge in [0.1, 0.15) is 16.5 Å². The summed E-state index contributed by atoms with van der Waals surface area (Å²) in [6.07, 6.45) is 1.48. The zero-order valence-corrected chi connectivity index (χ0v) is 22.1. The van der Waals surface area contributed by atoms with Gasteiger partial charge in [0.15, 0.2) is 5.16 Å². The second-order valence-electron chi connectivity index (χ2n) is 8.64. The fourth-order valence-electron chi connectivity index (χ4n) is 3.90. The van der Waals surface area contributed by atoms with Crippen LogP contribution in [0.5, 0.6) is 0 Å². The van der Waals surface area contributed by atoms with Crippen LogP contribution in [0, 0.1) is 6.92 Å². The lowest BCUT2D eigenvalue weighted by Crippen LogP contribution is -2.26.